The van der Waals surface area contributed by atoms with Crippen molar-refractivity contribution < 1.29 is 13.2 Å². The Hall–Kier alpha value is -1.98. The molecule has 1 fully saturated rings. The standard InChI is InChI=1S/C24H35ClN6O3S/c1-34-13-12-31-10-8-17-6-7-20(14-18(17)9-11-31)28-24-26-16-21(25)23(30-24)29-22-5-3-2-4-19(22)15-27-35(32)33/h6-7,14,16,19,22,35H,2-5,8-13,15H2,1H3,(H,27,32,33)(H2,26,28,29,30)/t19-,22-/m1/s1. The van der Waals surface area contributed by atoms with Gasteiger partial charge in [-0.2, -0.15) is 4.98 Å². The summed E-state index contributed by atoms with van der Waals surface area (Å²) in [6.07, 6.45) is 7.70. The summed E-state index contributed by atoms with van der Waals surface area (Å²) >= 11 is 6.42. The first-order valence-electron chi connectivity index (χ1n) is 12.3. The molecular formula is C24H35ClN6O3S. The van der Waals surface area contributed by atoms with Crippen LogP contribution in [0.2, 0.25) is 5.02 Å². The van der Waals surface area contributed by atoms with Gasteiger partial charge < -0.3 is 20.3 Å². The second kappa shape index (κ2) is 12.8. The Kier molecular flexibility index (Phi) is 9.56. The van der Waals surface area contributed by atoms with Gasteiger partial charge in [0.2, 0.25) is 16.8 Å². The lowest BCUT2D eigenvalue weighted by Gasteiger charge is -2.32. The van der Waals surface area contributed by atoms with Crippen molar-refractivity contribution in [2.24, 2.45) is 5.92 Å². The minimum absolute atomic E-state index is 0.0972. The first-order valence-corrected chi connectivity index (χ1v) is 13.8. The molecule has 0 saturated heterocycles. The van der Waals surface area contributed by atoms with E-state index >= 15 is 0 Å². The molecule has 192 valence electrons. The second-order valence-corrected chi connectivity index (χ2v) is 10.5. The molecule has 2 heterocycles. The zero-order valence-corrected chi connectivity index (χ0v) is 21.8. The van der Waals surface area contributed by atoms with E-state index in [1.165, 1.54) is 11.1 Å². The minimum Gasteiger partial charge on any atom is -0.383 e. The first-order chi connectivity index (χ1) is 17.0. The van der Waals surface area contributed by atoms with Crippen LogP contribution in [0.5, 0.6) is 0 Å². The molecule has 1 aliphatic heterocycles. The number of benzene rings is 1. The highest BCUT2D eigenvalue weighted by Gasteiger charge is 2.26. The van der Waals surface area contributed by atoms with Crippen molar-refractivity contribution in [1.29, 1.82) is 0 Å². The maximum absolute atomic E-state index is 11.0. The van der Waals surface area contributed by atoms with Crippen LogP contribution in [0.4, 0.5) is 17.5 Å². The van der Waals surface area contributed by atoms with Crippen LogP contribution in [0.1, 0.15) is 36.8 Å². The number of fused-ring (bicyclic) bond motifs is 1. The number of nitrogens with zero attached hydrogens (tertiary/aromatic N) is 3. The topological polar surface area (TPSA) is 108 Å². The second-order valence-electron chi connectivity index (χ2n) is 9.25. The van der Waals surface area contributed by atoms with Crippen molar-refractivity contribution in [2.75, 3.05) is 50.5 Å². The lowest BCUT2D eigenvalue weighted by molar-refractivity contribution is 0.150. The Morgan fingerprint density at radius 3 is 2.77 bits per heavy atom. The van der Waals surface area contributed by atoms with E-state index in [1.807, 2.05) is 0 Å². The summed E-state index contributed by atoms with van der Waals surface area (Å²) in [5.41, 5.74) is 3.67. The van der Waals surface area contributed by atoms with Gasteiger partial charge in [0, 0.05) is 45.0 Å². The number of thiol groups is 1. The number of methoxy groups -OCH3 is 1. The Morgan fingerprint density at radius 1 is 1.17 bits per heavy atom. The van der Waals surface area contributed by atoms with E-state index in [-0.39, 0.29) is 12.0 Å². The molecule has 1 saturated carbocycles. The van der Waals surface area contributed by atoms with E-state index in [2.05, 4.69) is 48.4 Å². The lowest BCUT2D eigenvalue weighted by Crippen LogP contribution is -2.38. The molecule has 2 aliphatic rings. The van der Waals surface area contributed by atoms with Gasteiger partial charge in [0.05, 0.1) is 12.8 Å². The van der Waals surface area contributed by atoms with Crippen LogP contribution in [0.15, 0.2) is 24.4 Å². The van der Waals surface area contributed by atoms with Crippen molar-refractivity contribution in [3.63, 3.8) is 0 Å². The number of hydrogen-bond donors (Lipinski definition) is 4. The number of anilines is 3. The monoisotopic (exact) mass is 522 g/mol. The van der Waals surface area contributed by atoms with Crippen LogP contribution in [-0.2, 0) is 28.5 Å². The zero-order valence-electron chi connectivity index (χ0n) is 20.1. The summed E-state index contributed by atoms with van der Waals surface area (Å²) in [6.45, 7) is 4.19. The van der Waals surface area contributed by atoms with E-state index in [0.29, 0.717) is 23.3 Å². The predicted molar refractivity (Wildman–Crippen MR) is 140 cm³/mol. The molecule has 0 radical (unpaired) electrons. The molecule has 1 aliphatic carbocycles. The minimum atomic E-state index is -2.60. The molecule has 35 heavy (non-hydrogen) atoms. The molecule has 0 unspecified atom stereocenters. The fraction of sp³-hybridized carbons (Fsp3) is 0.583. The first kappa shape index (κ1) is 26.1. The Morgan fingerprint density at radius 2 is 1.97 bits per heavy atom. The van der Waals surface area contributed by atoms with Crippen molar-refractivity contribution >= 4 is 39.9 Å². The molecule has 3 N–H and O–H groups in total. The number of halogens is 1. The molecule has 11 heteroatoms. The Bertz CT molecular complexity index is 1060. The zero-order chi connectivity index (χ0) is 24.6. The lowest BCUT2D eigenvalue weighted by atomic mass is 9.84. The largest absolute Gasteiger partial charge is 0.383 e. The molecule has 0 amide bonds. The van der Waals surface area contributed by atoms with Crippen molar-refractivity contribution in [1.82, 2.24) is 19.6 Å². The number of nitrogens with one attached hydrogen (secondary N) is 3. The van der Waals surface area contributed by atoms with E-state index in [1.54, 1.807) is 13.3 Å². The number of ether oxygens (including phenoxy) is 1. The third kappa shape index (κ3) is 7.50. The quantitative estimate of drug-likeness (QED) is 0.353. The summed E-state index contributed by atoms with van der Waals surface area (Å²) in [7, 11) is -0.859. The number of rotatable bonds is 10. The van der Waals surface area contributed by atoms with E-state index in [9.17, 15) is 8.42 Å². The highest BCUT2D eigenvalue weighted by Crippen LogP contribution is 2.30. The Labute approximate surface area is 214 Å². The summed E-state index contributed by atoms with van der Waals surface area (Å²) in [6, 6.07) is 6.54. The van der Waals surface area contributed by atoms with Crippen LogP contribution in [0, 0.1) is 5.92 Å². The average Bonchev–Trinajstić information content (AvgIpc) is 3.06. The SMILES string of the molecule is COCCN1CCc2ccc(Nc3ncc(Cl)c(N[C@@H]4CCCC[C@@H]4CN[SH](=O)=O)n3)cc2CC1. The van der Waals surface area contributed by atoms with Crippen LogP contribution in [-0.4, -0.2) is 69.2 Å². The van der Waals surface area contributed by atoms with Gasteiger partial charge in [-0.15, -0.1) is 0 Å². The fourth-order valence-electron chi connectivity index (χ4n) is 4.96. The molecule has 1 aromatic heterocycles. The number of aromatic nitrogens is 2. The third-order valence-corrected chi connectivity index (χ3v) is 7.64. The van der Waals surface area contributed by atoms with Crippen molar-refractivity contribution in [3.8, 4) is 0 Å². The number of hydrogen-bond acceptors (Lipinski definition) is 8. The van der Waals surface area contributed by atoms with Crippen LogP contribution in [0.3, 0.4) is 0 Å². The molecular weight excluding hydrogens is 488 g/mol. The van der Waals surface area contributed by atoms with Gasteiger partial charge in [-0.3, -0.25) is 0 Å². The highest BCUT2D eigenvalue weighted by atomic mass is 35.5. The summed E-state index contributed by atoms with van der Waals surface area (Å²) < 4.78 is 29.8. The smallest absolute Gasteiger partial charge is 0.229 e. The summed E-state index contributed by atoms with van der Waals surface area (Å²) in [4.78, 5) is 11.5. The normalized spacial score (nSPS) is 20.9. The van der Waals surface area contributed by atoms with E-state index < -0.39 is 10.9 Å². The Balaban J connectivity index is 1.42. The third-order valence-electron chi connectivity index (χ3n) is 6.93. The molecule has 1 aromatic carbocycles. The molecule has 0 spiro atoms. The van der Waals surface area contributed by atoms with Gasteiger partial charge in [0.25, 0.3) is 0 Å². The summed E-state index contributed by atoms with van der Waals surface area (Å²) in [5, 5.41) is 7.23. The van der Waals surface area contributed by atoms with Crippen molar-refractivity contribution in [3.05, 3.63) is 40.5 Å². The summed E-state index contributed by atoms with van der Waals surface area (Å²) in [5.74, 6) is 1.23. The van der Waals surface area contributed by atoms with Gasteiger partial charge >= 0.3 is 0 Å². The molecule has 9 nitrogen and oxygen atoms in total. The van der Waals surface area contributed by atoms with Crippen molar-refractivity contribution in [2.45, 2.75) is 44.6 Å². The van der Waals surface area contributed by atoms with Gasteiger partial charge in [0.15, 0.2) is 5.82 Å². The van der Waals surface area contributed by atoms with Gasteiger partial charge in [-0.1, -0.05) is 30.5 Å². The van der Waals surface area contributed by atoms with Crippen LogP contribution >= 0.6 is 11.6 Å². The van der Waals surface area contributed by atoms with E-state index in [0.717, 1.165) is 70.5 Å². The molecule has 4 rings (SSSR count). The van der Waals surface area contributed by atoms with E-state index in [4.69, 9.17) is 16.3 Å². The maximum Gasteiger partial charge on any atom is 0.229 e. The highest BCUT2D eigenvalue weighted by molar-refractivity contribution is 7.70. The van der Waals surface area contributed by atoms with Gasteiger partial charge in [-0.25, -0.2) is 18.1 Å². The average molecular weight is 523 g/mol. The van der Waals surface area contributed by atoms with Gasteiger partial charge in [-0.05, 0) is 54.9 Å². The molecule has 2 atom stereocenters. The predicted octanol–water partition coefficient (Wildman–Crippen LogP) is 3.01. The maximum atomic E-state index is 11.0. The van der Waals surface area contributed by atoms with Crippen LogP contribution in [0.25, 0.3) is 0 Å². The van der Waals surface area contributed by atoms with Gasteiger partial charge in [0.1, 0.15) is 5.02 Å². The van der Waals surface area contributed by atoms with Crippen LogP contribution < -0.4 is 15.4 Å². The fourth-order valence-corrected chi connectivity index (χ4v) is 5.49. The molecule has 0 bridgehead atoms. The molecule has 2 aromatic rings.